The van der Waals surface area contributed by atoms with Crippen LogP contribution in [-0.4, -0.2) is 23.3 Å². The number of carbonyl (C=O) groups excluding carboxylic acids is 2. The van der Waals surface area contributed by atoms with Crippen LogP contribution in [0.4, 0.5) is 0 Å². The third-order valence-electron chi connectivity index (χ3n) is 3.21. The summed E-state index contributed by atoms with van der Waals surface area (Å²) in [6.07, 6.45) is 0.388. The van der Waals surface area contributed by atoms with Crippen LogP contribution in [0.25, 0.3) is 10.9 Å². The van der Waals surface area contributed by atoms with Crippen molar-refractivity contribution in [2.45, 2.75) is 20.3 Å². The van der Waals surface area contributed by atoms with Gasteiger partial charge in [0, 0.05) is 9.86 Å². The van der Waals surface area contributed by atoms with E-state index >= 15 is 0 Å². The summed E-state index contributed by atoms with van der Waals surface area (Å²) in [5.41, 5.74) is 0.997. The van der Waals surface area contributed by atoms with Gasteiger partial charge < -0.3 is 4.74 Å². The third-order valence-corrected chi connectivity index (χ3v) is 3.81. The Kier molecular flexibility index (Phi) is 5.07. The maximum Gasteiger partial charge on any atom is 0.316 e. The summed E-state index contributed by atoms with van der Waals surface area (Å²) in [6.45, 7) is 3.77. The summed E-state index contributed by atoms with van der Waals surface area (Å²) in [7, 11) is 0. The van der Waals surface area contributed by atoms with Crippen molar-refractivity contribution in [3.8, 4) is 0 Å². The minimum atomic E-state index is -0.810. The molecule has 110 valence electrons. The van der Waals surface area contributed by atoms with Gasteiger partial charge in [0.05, 0.1) is 12.1 Å². The lowest BCUT2D eigenvalue weighted by Gasteiger charge is -2.13. The van der Waals surface area contributed by atoms with Crippen molar-refractivity contribution in [1.29, 1.82) is 0 Å². The molecule has 0 aliphatic carbocycles. The number of para-hydroxylation sites is 1. The van der Waals surface area contributed by atoms with Crippen LogP contribution in [0, 0.1) is 5.92 Å². The lowest BCUT2D eigenvalue weighted by Crippen LogP contribution is -2.26. The number of hydrogen-bond acceptors (Lipinski definition) is 4. The van der Waals surface area contributed by atoms with E-state index in [0.717, 1.165) is 10.9 Å². The predicted octanol–water partition coefficient (Wildman–Crippen LogP) is 3.77. The number of aromatic nitrogens is 1. The first-order chi connectivity index (χ1) is 10.1. The van der Waals surface area contributed by atoms with E-state index in [9.17, 15) is 9.59 Å². The molecule has 0 spiro atoms. The number of halogens is 1. The molecule has 2 aromatic rings. The molecule has 0 radical (unpaired) electrons. The van der Waals surface area contributed by atoms with Crippen LogP contribution in [0.2, 0.25) is 0 Å². The van der Waals surface area contributed by atoms with Gasteiger partial charge in [0.25, 0.3) is 0 Å². The average molecular weight is 350 g/mol. The van der Waals surface area contributed by atoms with Crippen LogP contribution in [0.5, 0.6) is 0 Å². The number of nitrogens with zero attached hydrogens (tertiary/aromatic N) is 1. The molecule has 0 saturated carbocycles. The normalized spacial score (nSPS) is 12.1. The molecule has 1 aromatic heterocycles. The lowest BCUT2D eigenvalue weighted by molar-refractivity contribution is -0.146. The predicted molar refractivity (Wildman–Crippen MR) is 84.2 cm³/mol. The summed E-state index contributed by atoms with van der Waals surface area (Å²) in [4.78, 5) is 28.8. The third kappa shape index (κ3) is 3.29. The van der Waals surface area contributed by atoms with Gasteiger partial charge in [0.2, 0.25) is 0 Å². The number of esters is 1. The summed E-state index contributed by atoms with van der Waals surface area (Å²) < 4.78 is 5.55. The molecule has 1 heterocycles. The average Bonchev–Trinajstić information content (AvgIpc) is 2.47. The molecule has 0 amide bonds. The van der Waals surface area contributed by atoms with Crippen molar-refractivity contribution in [2.75, 3.05) is 6.61 Å². The second kappa shape index (κ2) is 6.80. The number of benzene rings is 1. The topological polar surface area (TPSA) is 56.3 Å². The molecule has 0 aliphatic heterocycles. The van der Waals surface area contributed by atoms with E-state index in [1.165, 1.54) is 0 Å². The van der Waals surface area contributed by atoms with E-state index < -0.39 is 11.9 Å². The summed E-state index contributed by atoms with van der Waals surface area (Å²) in [5, 5.41) is 0.935. The Hall–Kier alpha value is -1.75. The summed E-state index contributed by atoms with van der Waals surface area (Å²) >= 11 is 3.37. The molecule has 21 heavy (non-hydrogen) atoms. The van der Waals surface area contributed by atoms with E-state index in [1.54, 1.807) is 13.8 Å². The van der Waals surface area contributed by atoms with Gasteiger partial charge in [-0.1, -0.05) is 25.1 Å². The van der Waals surface area contributed by atoms with Crippen LogP contribution in [0.1, 0.15) is 30.8 Å². The molecule has 1 unspecified atom stereocenters. The minimum absolute atomic E-state index is 0.259. The summed E-state index contributed by atoms with van der Waals surface area (Å²) in [6, 6.07) is 9.37. The van der Waals surface area contributed by atoms with Gasteiger partial charge >= 0.3 is 5.97 Å². The number of ether oxygens (including phenoxy) is 1. The second-order valence-electron chi connectivity index (χ2n) is 4.59. The first kappa shape index (κ1) is 15.6. The molecule has 5 heteroatoms. The second-order valence-corrected chi connectivity index (χ2v) is 5.44. The Labute approximate surface area is 131 Å². The van der Waals surface area contributed by atoms with Crippen molar-refractivity contribution >= 4 is 38.6 Å². The van der Waals surface area contributed by atoms with Gasteiger partial charge in [-0.2, -0.15) is 0 Å². The van der Waals surface area contributed by atoms with Gasteiger partial charge in [0.15, 0.2) is 5.78 Å². The summed E-state index contributed by atoms with van der Waals surface area (Å²) in [5.74, 6) is -1.62. The highest BCUT2D eigenvalue weighted by Gasteiger charge is 2.29. The van der Waals surface area contributed by atoms with Crippen molar-refractivity contribution < 1.29 is 14.3 Å². The molecular formula is C16H16BrNO3. The fraction of sp³-hybridized carbons (Fsp3) is 0.312. The Morgan fingerprint density at radius 1 is 1.29 bits per heavy atom. The largest absolute Gasteiger partial charge is 0.465 e. The van der Waals surface area contributed by atoms with Crippen LogP contribution in [0.3, 0.4) is 0 Å². The Morgan fingerprint density at radius 3 is 2.67 bits per heavy atom. The van der Waals surface area contributed by atoms with Crippen LogP contribution in [-0.2, 0) is 9.53 Å². The Balaban J connectivity index is 2.42. The number of ketones is 1. The van der Waals surface area contributed by atoms with E-state index in [-0.39, 0.29) is 18.1 Å². The highest BCUT2D eigenvalue weighted by Crippen LogP contribution is 2.25. The number of pyridine rings is 1. The molecule has 0 aliphatic rings. The molecule has 0 bridgehead atoms. The van der Waals surface area contributed by atoms with Crippen LogP contribution in [0.15, 0.2) is 34.8 Å². The maximum atomic E-state index is 12.6. The first-order valence-corrected chi connectivity index (χ1v) is 7.63. The first-order valence-electron chi connectivity index (χ1n) is 6.84. The molecule has 0 fully saturated rings. The van der Waals surface area contributed by atoms with E-state index in [0.29, 0.717) is 10.9 Å². The standard InChI is InChI=1S/C16H16BrNO3/c1-3-11(16(20)21-4-2)15(19)14-12(17)9-10-7-5-6-8-13(10)18-14/h5-9,11H,3-4H2,1-2H3. The molecule has 2 rings (SSSR count). The Morgan fingerprint density at radius 2 is 2.00 bits per heavy atom. The number of Topliss-reactive ketones (excluding diaryl/α,β-unsaturated/α-hetero) is 1. The molecule has 4 nitrogen and oxygen atoms in total. The molecular weight excluding hydrogens is 334 g/mol. The number of carbonyl (C=O) groups is 2. The zero-order chi connectivity index (χ0) is 15.4. The molecule has 1 atom stereocenters. The molecule has 1 aromatic carbocycles. The van der Waals surface area contributed by atoms with Crippen LogP contribution >= 0.6 is 15.9 Å². The number of hydrogen-bond donors (Lipinski definition) is 0. The molecule has 0 N–H and O–H groups in total. The zero-order valence-corrected chi connectivity index (χ0v) is 13.5. The Bertz CT molecular complexity index is 684. The van der Waals surface area contributed by atoms with Crippen molar-refractivity contribution in [1.82, 2.24) is 4.98 Å². The van der Waals surface area contributed by atoms with Gasteiger partial charge in [-0.05, 0) is 41.4 Å². The highest BCUT2D eigenvalue weighted by molar-refractivity contribution is 9.10. The number of rotatable bonds is 5. The fourth-order valence-electron chi connectivity index (χ4n) is 2.13. The van der Waals surface area contributed by atoms with Crippen molar-refractivity contribution in [3.05, 3.63) is 40.5 Å². The van der Waals surface area contributed by atoms with E-state index in [4.69, 9.17) is 4.74 Å². The van der Waals surface area contributed by atoms with E-state index in [1.807, 2.05) is 30.3 Å². The molecule has 0 saturated heterocycles. The smallest absolute Gasteiger partial charge is 0.316 e. The van der Waals surface area contributed by atoms with E-state index in [2.05, 4.69) is 20.9 Å². The van der Waals surface area contributed by atoms with Gasteiger partial charge in [0.1, 0.15) is 11.6 Å². The number of fused-ring (bicyclic) bond motifs is 1. The lowest BCUT2D eigenvalue weighted by atomic mass is 9.98. The maximum absolute atomic E-state index is 12.6. The van der Waals surface area contributed by atoms with Crippen molar-refractivity contribution in [2.24, 2.45) is 5.92 Å². The van der Waals surface area contributed by atoms with Crippen molar-refractivity contribution in [3.63, 3.8) is 0 Å². The SMILES string of the molecule is CCOC(=O)C(CC)C(=O)c1nc2ccccc2cc1Br. The van der Waals surface area contributed by atoms with Crippen LogP contribution < -0.4 is 0 Å². The van der Waals surface area contributed by atoms with Gasteiger partial charge in [-0.15, -0.1) is 0 Å². The highest BCUT2D eigenvalue weighted by atomic mass is 79.9. The zero-order valence-electron chi connectivity index (χ0n) is 11.9. The quantitative estimate of drug-likeness (QED) is 0.468. The van der Waals surface area contributed by atoms with Gasteiger partial charge in [-0.3, -0.25) is 9.59 Å². The minimum Gasteiger partial charge on any atom is -0.465 e. The fourth-order valence-corrected chi connectivity index (χ4v) is 2.66. The monoisotopic (exact) mass is 349 g/mol. The van der Waals surface area contributed by atoms with Gasteiger partial charge in [-0.25, -0.2) is 4.98 Å².